The van der Waals surface area contributed by atoms with E-state index < -0.39 is 5.41 Å². The lowest BCUT2D eigenvalue weighted by Crippen LogP contribution is -2.27. The average Bonchev–Trinajstić information content (AvgIpc) is 3.18. The summed E-state index contributed by atoms with van der Waals surface area (Å²) in [6, 6.07) is 10.1. The van der Waals surface area contributed by atoms with Crippen LogP contribution in [-0.2, 0) is 16.6 Å². The Morgan fingerprint density at radius 1 is 1.24 bits per heavy atom. The molecule has 2 atom stereocenters. The molecule has 4 aromatic rings. The van der Waals surface area contributed by atoms with Crippen LogP contribution in [0.2, 0.25) is 0 Å². The van der Waals surface area contributed by atoms with Crippen LogP contribution in [-0.4, -0.2) is 46.0 Å². The number of amides is 1. The van der Waals surface area contributed by atoms with Crippen molar-refractivity contribution in [2.24, 2.45) is 18.4 Å². The molecule has 1 amide bonds. The Morgan fingerprint density at radius 2 is 2.09 bits per heavy atom. The van der Waals surface area contributed by atoms with E-state index in [4.69, 9.17) is 9.47 Å². The summed E-state index contributed by atoms with van der Waals surface area (Å²) in [6.45, 7) is 1.07. The van der Waals surface area contributed by atoms with E-state index in [1.54, 1.807) is 49.3 Å². The first-order chi connectivity index (χ1) is 16.5. The molecule has 2 fully saturated rings. The van der Waals surface area contributed by atoms with Crippen LogP contribution in [0, 0.1) is 17.2 Å². The number of hydrogen-bond donors (Lipinski definition) is 1. The van der Waals surface area contributed by atoms with Crippen LogP contribution in [0.25, 0.3) is 33.4 Å². The number of rotatable bonds is 5. The lowest BCUT2D eigenvalue weighted by Gasteiger charge is -2.16. The molecule has 1 aliphatic carbocycles. The number of nitrogens with one attached hydrogen (secondary N) is 1. The predicted molar refractivity (Wildman–Crippen MR) is 124 cm³/mol. The molecule has 172 valence electrons. The number of anilines is 1. The van der Waals surface area contributed by atoms with Gasteiger partial charge >= 0.3 is 0 Å². The van der Waals surface area contributed by atoms with E-state index in [-0.39, 0.29) is 17.6 Å². The number of halogens is 1. The molecule has 8 nitrogen and oxygen atoms in total. The molecular weight excluding hydrogens is 437 g/mol. The molecule has 9 heteroatoms. The van der Waals surface area contributed by atoms with Gasteiger partial charge in [0, 0.05) is 41.7 Å². The lowest BCUT2D eigenvalue weighted by molar-refractivity contribution is -0.121. The maximum Gasteiger partial charge on any atom is 0.233 e. The van der Waals surface area contributed by atoms with Crippen molar-refractivity contribution in [2.75, 3.05) is 25.6 Å². The molecule has 3 heterocycles. The van der Waals surface area contributed by atoms with Crippen molar-refractivity contribution in [2.45, 2.75) is 6.42 Å². The normalized spacial score (nSPS) is 20.9. The van der Waals surface area contributed by atoms with E-state index >= 15 is 0 Å². The monoisotopic (exact) mass is 459 g/mol. The molecule has 2 unspecified atom stereocenters. The highest BCUT2D eigenvalue weighted by atomic mass is 19.1. The first kappa shape index (κ1) is 20.7. The molecule has 2 aliphatic rings. The van der Waals surface area contributed by atoms with Gasteiger partial charge in [-0.15, -0.1) is 0 Å². The smallest absolute Gasteiger partial charge is 0.233 e. The summed E-state index contributed by atoms with van der Waals surface area (Å²) in [7, 11) is 3.33. The number of methoxy groups -OCH3 is 1. The molecule has 0 bridgehead atoms. The van der Waals surface area contributed by atoms with E-state index in [0.717, 1.165) is 6.42 Å². The molecule has 2 aromatic heterocycles. The molecule has 1 saturated carbocycles. The third kappa shape index (κ3) is 3.15. The van der Waals surface area contributed by atoms with Gasteiger partial charge in [-0.1, -0.05) is 12.1 Å². The van der Waals surface area contributed by atoms with Crippen LogP contribution in [0.1, 0.15) is 6.42 Å². The Bertz CT molecular complexity index is 1450. The third-order valence-electron chi connectivity index (χ3n) is 6.78. The molecular formula is C25H22FN5O3. The second-order valence-electron chi connectivity index (χ2n) is 8.86. The van der Waals surface area contributed by atoms with Gasteiger partial charge in [-0.2, -0.15) is 5.10 Å². The summed E-state index contributed by atoms with van der Waals surface area (Å²) in [6.07, 6.45) is 4.09. The molecule has 1 aliphatic heterocycles. The molecule has 2 aromatic carbocycles. The van der Waals surface area contributed by atoms with Crippen molar-refractivity contribution in [3.63, 3.8) is 0 Å². The van der Waals surface area contributed by atoms with E-state index in [1.807, 2.05) is 6.07 Å². The van der Waals surface area contributed by atoms with E-state index in [9.17, 15) is 9.18 Å². The van der Waals surface area contributed by atoms with Crippen LogP contribution in [0.4, 0.5) is 10.1 Å². The predicted octanol–water partition coefficient (Wildman–Crippen LogP) is 3.82. The van der Waals surface area contributed by atoms with Crippen LogP contribution in [0.5, 0.6) is 5.75 Å². The molecule has 1 saturated heterocycles. The standard InChI is InChI=1S/C25H22FN5O3/c1-31-10-17(23(30-31)15-5-3-4-6-18(15)26)22-16-7-20(21(33-2)8-19(16)27-13-28-22)29-24(32)25-9-14(25)11-34-12-25/h3-8,10,13-14H,9,11-12H2,1-2H3,(H,29,32). The molecule has 6 rings (SSSR count). The number of benzene rings is 2. The second kappa shape index (κ2) is 7.59. The van der Waals surface area contributed by atoms with Crippen LogP contribution >= 0.6 is 0 Å². The topological polar surface area (TPSA) is 91.2 Å². The Labute approximate surface area is 194 Å². The van der Waals surface area contributed by atoms with Gasteiger partial charge in [-0.3, -0.25) is 9.48 Å². The number of nitrogens with zero attached hydrogens (tertiary/aromatic N) is 4. The summed E-state index contributed by atoms with van der Waals surface area (Å²) >= 11 is 0. The molecule has 1 N–H and O–H groups in total. The fourth-order valence-electron chi connectivity index (χ4n) is 4.83. The number of fused-ring (bicyclic) bond motifs is 2. The van der Waals surface area contributed by atoms with Gasteiger partial charge in [0.1, 0.15) is 23.6 Å². The minimum Gasteiger partial charge on any atom is -0.494 e. The average molecular weight is 459 g/mol. The maximum absolute atomic E-state index is 14.6. The Kier molecular flexibility index (Phi) is 4.63. The fourth-order valence-corrected chi connectivity index (χ4v) is 4.83. The van der Waals surface area contributed by atoms with E-state index in [2.05, 4.69) is 20.4 Å². The first-order valence-electron chi connectivity index (χ1n) is 11.0. The minimum absolute atomic E-state index is 0.0699. The van der Waals surface area contributed by atoms with Crippen molar-refractivity contribution in [1.82, 2.24) is 19.7 Å². The Balaban J connectivity index is 1.48. The maximum atomic E-state index is 14.6. The van der Waals surface area contributed by atoms with Crippen molar-refractivity contribution < 1.29 is 18.7 Å². The van der Waals surface area contributed by atoms with Gasteiger partial charge in [0.25, 0.3) is 0 Å². The fraction of sp³-hybridized carbons (Fsp3) is 0.280. The molecule has 34 heavy (non-hydrogen) atoms. The number of aromatic nitrogens is 4. The summed E-state index contributed by atoms with van der Waals surface area (Å²) in [5.74, 6) is 0.335. The molecule has 0 spiro atoms. The highest BCUT2D eigenvalue weighted by molar-refractivity contribution is 6.04. The van der Waals surface area contributed by atoms with Gasteiger partial charge in [-0.05, 0) is 24.6 Å². The zero-order valence-corrected chi connectivity index (χ0v) is 18.7. The summed E-state index contributed by atoms with van der Waals surface area (Å²) in [4.78, 5) is 22.0. The third-order valence-corrected chi connectivity index (χ3v) is 6.78. The van der Waals surface area contributed by atoms with Crippen LogP contribution < -0.4 is 10.1 Å². The highest BCUT2D eigenvalue weighted by Gasteiger charge is 2.63. The second-order valence-corrected chi connectivity index (χ2v) is 8.86. The summed E-state index contributed by atoms with van der Waals surface area (Å²) in [5, 5.41) is 8.23. The first-order valence-corrected chi connectivity index (χ1v) is 11.0. The zero-order chi connectivity index (χ0) is 23.4. The number of hydrogen-bond acceptors (Lipinski definition) is 6. The Morgan fingerprint density at radius 3 is 2.82 bits per heavy atom. The number of carbonyl (C=O) groups excluding carboxylic acids is 1. The quantitative estimate of drug-likeness (QED) is 0.488. The summed E-state index contributed by atoms with van der Waals surface area (Å²) < 4.78 is 27.3. The van der Waals surface area contributed by atoms with E-state index in [0.29, 0.717) is 58.1 Å². The SMILES string of the molecule is COc1cc2ncnc(-c3cn(C)nc3-c3ccccc3F)c2cc1NC(=O)C12COCC1C2. The van der Waals surface area contributed by atoms with Crippen molar-refractivity contribution >= 4 is 22.5 Å². The lowest BCUT2D eigenvalue weighted by atomic mass is 10.0. The van der Waals surface area contributed by atoms with Gasteiger partial charge in [0.15, 0.2) is 0 Å². The minimum atomic E-state index is -0.447. The Hall–Kier alpha value is -3.85. The van der Waals surface area contributed by atoms with Gasteiger partial charge in [0.05, 0.1) is 42.6 Å². The van der Waals surface area contributed by atoms with Crippen LogP contribution in [0.3, 0.4) is 0 Å². The van der Waals surface area contributed by atoms with Crippen molar-refractivity contribution in [3.05, 3.63) is 54.7 Å². The van der Waals surface area contributed by atoms with Gasteiger partial charge in [0.2, 0.25) is 5.91 Å². The number of aryl methyl sites for hydroxylation is 1. The van der Waals surface area contributed by atoms with Crippen LogP contribution in [0.15, 0.2) is 48.9 Å². The van der Waals surface area contributed by atoms with Gasteiger partial charge in [-0.25, -0.2) is 14.4 Å². The number of ether oxygens (including phenoxy) is 2. The van der Waals surface area contributed by atoms with Crippen molar-refractivity contribution in [1.29, 1.82) is 0 Å². The number of carbonyl (C=O) groups is 1. The largest absolute Gasteiger partial charge is 0.494 e. The highest BCUT2D eigenvalue weighted by Crippen LogP contribution is 2.57. The van der Waals surface area contributed by atoms with Gasteiger partial charge < -0.3 is 14.8 Å². The van der Waals surface area contributed by atoms with E-state index in [1.165, 1.54) is 12.4 Å². The molecule has 0 radical (unpaired) electrons. The zero-order valence-electron chi connectivity index (χ0n) is 18.7. The summed E-state index contributed by atoms with van der Waals surface area (Å²) in [5.41, 5.74) is 2.82. The van der Waals surface area contributed by atoms with Crippen molar-refractivity contribution in [3.8, 4) is 28.3 Å².